The van der Waals surface area contributed by atoms with Crippen LogP contribution in [0.3, 0.4) is 0 Å². The highest BCUT2D eigenvalue weighted by molar-refractivity contribution is 6.30. The topological polar surface area (TPSA) is 62.5 Å². The highest BCUT2D eigenvalue weighted by atomic mass is 35.5. The first-order chi connectivity index (χ1) is 12.5. The first kappa shape index (κ1) is 18.8. The molecular weight excluding hydrogens is 348 g/mol. The van der Waals surface area contributed by atoms with Gasteiger partial charge in [0, 0.05) is 29.6 Å². The van der Waals surface area contributed by atoms with Crippen LogP contribution in [0.2, 0.25) is 5.02 Å². The molecule has 0 unspecified atom stereocenters. The molecule has 5 nitrogen and oxygen atoms in total. The largest absolute Gasteiger partial charge is 0.359 e. The van der Waals surface area contributed by atoms with Crippen LogP contribution in [-0.2, 0) is 12.0 Å². The molecule has 3 rings (SSSR count). The lowest BCUT2D eigenvalue weighted by Gasteiger charge is -2.19. The molecule has 0 amide bonds. The molecule has 0 aliphatic heterocycles. The molecule has 2 aromatic rings. The second kappa shape index (κ2) is 8.12. The maximum absolute atomic E-state index is 6.16. The van der Waals surface area contributed by atoms with Crippen molar-refractivity contribution in [3.63, 3.8) is 0 Å². The molecular formula is C20H27ClN4O. The summed E-state index contributed by atoms with van der Waals surface area (Å²) >= 11 is 6.16. The van der Waals surface area contributed by atoms with Crippen LogP contribution in [0.4, 0.5) is 0 Å². The molecule has 26 heavy (non-hydrogen) atoms. The molecule has 0 radical (unpaired) electrons. The third kappa shape index (κ3) is 4.58. The summed E-state index contributed by atoms with van der Waals surface area (Å²) in [6.07, 6.45) is 2.33. The lowest BCUT2D eigenvalue weighted by Crippen LogP contribution is -2.41. The van der Waals surface area contributed by atoms with Gasteiger partial charge in [0.05, 0.1) is 5.69 Å². The van der Waals surface area contributed by atoms with E-state index in [1.165, 1.54) is 18.4 Å². The SMILES string of the molecule is CCNC(=NCc1cc(C(C)C)no1)NCC1(c2cccc(Cl)c2)CC1. The fourth-order valence-corrected chi connectivity index (χ4v) is 3.15. The smallest absolute Gasteiger partial charge is 0.191 e. The van der Waals surface area contributed by atoms with Gasteiger partial charge in [-0.2, -0.15) is 0 Å². The minimum atomic E-state index is 0.165. The fraction of sp³-hybridized carbons (Fsp3) is 0.500. The first-order valence-electron chi connectivity index (χ1n) is 9.26. The zero-order valence-electron chi connectivity index (χ0n) is 15.7. The lowest BCUT2D eigenvalue weighted by atomic mass is 9.96. The molecule has 1 aliphatic rings. The second-order valence-electron chi connectivity index (χ2n) is 7.21. The Kier molecular flexibility index (Phi) is 5.87. The van der Waals surface area contributed by atoms with Crippen molar-refractivity contribution >= 4 is 17.6 Å². The molecule has 0 saturated heterocycles. The van der Waals surface area contributed by atoms with E-state index in [1.54, 1.807) is 0 Å². The number of benzene rings is 1. The highest BCUT2D eigenvalue weighted by Gasteiger charge is 2.44. The van der Waals surface area contributed by atoms with Crippen molar-refractivity contribution in [1.82, 2.24) is 15.8 Å². The van der Waals surface area contributed by atoms with Crippen LogP contribution in [0.25, 0.3) is 0 Å². The van der Waals surface area contributed by atoms with Gasteiger partial charge in [-0.1, -0.05) is 42.7 Å². The predicted molar refractivity (Wildman–Crippen MR) is 106 cm³/mol. The summed E-state index contributed by atoms with van der Waals surface area (Å²) in [6, 6.07) is 10.1. The average Bonchev–Trinajstić information content (AvgIpc) is 3.26. The molecule has 1 saturated carbocycles. The van der Waals surface area contributed by atoms with Crippen molar-refractivity contribution in [1.29, 1.82) is 0 Å². The van der Waals surface area contributed by atoms with E-state index in [1.807, 2.05) is 18.2 Å². The second-order valence-corrected chi connectivity index (χ2v) is 7.65. The van der Waals surface area contributed by atoms with Gasteiger partial charge >= 0.3 is 0 Å². The Morgan fingerprint density at radius 1 is 1.31 bits per heavy atom. The number of guanidine groups is 1. The van der Waals surface area contributed by atoms with Crippen LogP contribution in [-0.4, -0.2) is 24.2 Å². The molecule has 1 aromatic heterocycles. The maximum atomic E-state index is 6.16. The Balaban J connectivity index is 1.63. The van der Waals surface area contributed by atoms with Crippen LogP contribution in [0, 0.1) is 0 Å². The number of aromatic nitrogens is 1. The molecule has 1 fully saturated rings. The quantitative estimate of drug-likeness (QED) is 0.562. The molecule has 1 aromatic carbocycles. The van der Waals surface area contributed by atoms with E-state index in [0.717, 1.165) is 35.5 Å². The zero-order chi connectivity index (χ0) is 18.6. The van der Waals surface area contributed by atoms with Crippen LogP contribution < -0.4 is 10.6 Å². The summed E-state index contributed by atoms with van der Waals surface area (Å²) in [4.78, 5) is 4.63. The van der Waals surface area contributed by atoms with Crippen molar-refractivity contribution in [2.24, 2.45) is 4.99 Å². The third-order valence-corrected chi connectivity index (χ3v) is 5.03. The van der Waals surface area contributed by atoms with Gasteiger partial charge in [0.25, 0.3) is 0 Å². The summed E-state index contributed by atoms with van der Waals surface area (Å²) in [5.41, 5.74) is 2.43. The fourth-order valence-electron chi connectivity index (χ4n) is 2.96. The van der Waals surface area contributed by atoms with E-state index in [4.69, 9.17) is 16.1 Å². The summed E-state index contributed by atoms with van der Waals surface area (Å²) in [5, 5.41) is 11.6. The van der Waals surface area contributed by atoms with E-state index in [0.29, 0.717) is 12.5 Å². The Bertz CT molecular complexity index is 765. The van der Waals surface area contributed by atoms with E-state index >= 15 is 0 Å². The number of hydrogen-bond acceptors (Lipinski definition) is 3. The monoisotopic (exact) mass is 374 g/mol. The van der Waals surface area contributed by atoms with Crippen LogP contribution in [0.1, 0.15) is 56.5 Å². The summed E-state index contributed by atoms with van der Waals surface area (Å²) < 4.78 is 5.37. The van der Waals surface area contributed by atoms with E-state index in [9.17, 15) is 0 Å². The van der Waals surface area contributed by atoms with Gasteiger partial charge in [0.2, 0.25) is 0 Å². The lowest BCUT2D eigenvalue weighted by molar-refractivity contribution is 0.376. The third-order valence-electron chi connectivity index (χ3n) is 4.79. The predicted octanol–water partition coefficient (Wildman–Crippen LogP) is 4.24. The van der Waals surface area contributed by atoms with Gasteiger partial charge in [-0.25, -0.2) is 4.99 Å². The Morgan fingerprint density at radius 2 is 2.12 bits per heavy atom. The summed E-state index contributed by atoms with van der Waals surface area (Å²) in [7, 11) is 0. The number of nitrogens with zero attached hydrogens (tertiary/aromatic N) is 2. The molecule has 140 valence electrons. The van der Waals surface area contributed by atoms with Crippen LogP contribution >= 0.6 is 11.6 Å². The maximum Gasteiger partial charge on any atom is 0.191 e. The molecule has 2 N–H and O–H groups in total. The van der Waals surface area contributed by atoms with Gasteiger partial charge in [0.15, 0.2) is 11.7 Å². The summed E-state index contributed by atoms with van der Waals surface area (Å²) in [5.74, 6) is 1.93. The summed E-state index contributed by atoms with van der Waals surface area (Å²) in [6.45, 7) is 8.38. The Labute approximate surface area is 160 Å². The highest BCUT2D eigenvalue weighted by Crippen LogP contribution is 2.48. The van der Waals surface area contributed by atoms with Gasteiger partial charge in [0.1, 0.15) is 6.54 Å². The van der Waals surface area contributed by atoms with Gasteiger partial charge in [-0.05, 0) is 43.4 Å². The van der Waals surface area contributed by atoms with Crippen molar-refractivity contribution < 1.29 is 4.52 Å². The number of nitrogens with one attached hydrogen (secondary N) is 2. The Hall–Kier alpha value is -2.01. The minimum Gasteiger partial charge on any atom is -0.359 e. The molecule has 0 bridgehead atoms. The molecule has 1 heterocycles. The normalized spacial score (nSPS) is 16.0. The van der Waals surface area contributed by atoms with Crippen molar-refractivity contribution in [2.45, 2.75) is 51.5 Å². The number of aliphatic imine (C=N–C) groups is 1. The van der Waals surface area contributed by atoms with Crippen molar-refractivity contribution in [3.05, 3.63) is 52.4 Å². The minimum absolute atomic E-state index is 0.165. The first-order valence-corrected chi connectivity index (χ1v) is 9.64. The number of halogens is 1. The van der Waals surface area contributed by atoms with E-state index in [-0.39, 0.29) is 5.41 Å². The van der Waals surface area contributed by atoms with E-state index in [2.05, 4.69) is 53.7 Å². The molecule has 0 atom stereocenters. The van der Waals surface area contributed by atoms with Crippen LogP contribution in [0.5, 0.6) is 0 Å². The molecule has 1 aliphatic carbocycles. The van der Waals surface area contributed by atoms with Crippen molar-refractivity contribution in [2.75, 3.05) is 13.1 Å². The van der Waals surface area contributed by atoms with Gasteiger partial charge in [-0.3, -0.25) is 0 Å². The van der Waals surface area contributed by atoms with E-state index < -0.39 is 0 Å². The van der Waals surface area contributed by atoms with Crippen molar-refractivity contribution in [3.8, 4) is 0 Å². The standard InChI is InChI=1S/C20H27ClN4O/c1-4-22-19(23-12-17-11-18(14(2)3)25-26-17)24-13-20(8-9-20)15-6-5-7-16(21)10-15/h5-7,10-11,14H,4,8-9,12-13H2,1-3H3,(H2,22,23,24). The van der Waals surface area contributed by atoms with Gasteiger partial charge < -0.3 is 15.2 Å². The Morgan fingerprint density at radius 3 is 2.73 bits per heavy atom. The van der Waals surface area contributed by atoms with Crippen LogP contribution in [0.15, 0.2) is 39.8 Å². The number of hydrogen-bond donors (Lipinski definition) is 2. The van der Waals surface area contributed by atoms with Gasteiger partial charge in [-0.15, -0.1) is 0 Å². The molecule has 6 heteroatoms. The molecule has 0 spiro atoms. The zero-order valence-corrected chi connectivity index (χ0v) is 16.4. The average molecular weight is 375 g/mol. The number of rotatable bonds is 7.